The van der Waals surface area contributed by atoms with E-state index in [2.05, 4.69) is 0 Å². The lowest BCUT2D eigenvalue weighted by Gasteiger charge is -2.08. The number of benzene rings is 2. The summed E-state index contributed by atoms with van der Waals surface area (Å²) in [5.74, 6) is 0.173. The van der Waals surface area contributed by atoms with Crippen LogP contribution in [0.25, 0.3) is 0 Å². The van der Waals surface area contributed by atoms with Gasteiger partial charge in [0.25, 0.3) is 5.91 Å². The molecule has 126 valence electrons. The summed E-state index contributed by atoms with van der Waals surface area (Å²) < 4.78 is 15.8. The third-order valence-corrected chi connectivity index (χ3v) is 3.05. The zero-order valence-corrected chi connectivity index (χ0v) is 13.4. The summed E-state index contributed by atoms with van der Waals surface area (Å²) in [6.07, 6.45) is 0. The van der Waals surface area contributed by atoms with Crippen LogP contribution in [0.3, 0.4) is 0 Å². The number of hydrogen-bond acceptors (Lipinski definition) is 5. The maximum Gasteiger partial charge on any atom is 0.338 e. The number of rotatable bonds is 8. The summed E-state index contributed by atoms with van der Waals surface area (Å²) in [7, 11) is 0. The van der Waals surface area contributed by atoms with Crippen molar-refractivity contribution in [2.24, 2.45) is 5.73 Å². The van der Waals surface area contributed by atoms with Gasteiger partial charge in [0.05, 0.1) is 5.56 Å². The molecule has 0 radical (unpaired) electrons. The van der Waals surface area contributed by atoms with Crippen LogP contribution in [-0.4, -0.2) is 31.7 Å². The lowest BCUT2D eigenvalue weighted by Crippen LogP contribution is -2.20. The van der Waals surface area contributed by atoms with Crippen LogP contribution in [0, 0.1) is 6.92 Å². The van der Waals surface area contributed by atoms with Crippen molar-refractivity contribution in [1.82, 2.24) is 0 Å². The molecule has 2 rings (SSSR count). The maximum absolute atomic E-state index is 11.9. The van der Waals surface area contributed by atoms with Gasteiger partial charge in [-0.05, 0) is 48.9 Å². The van der Waals surface area contributed by atoms with Gasteiger partial charge >= 0.3 is 5.97 Å². The third kappa shape index (κ3) is 5.64. The van der Waals surface area contributed by atoms with Crippen molar-refractivity contribution in [3.8, 4) is 11.5 Å². The molecule has 0 saturated heterocycles. The monoisotopic (exact) mass is 329 g/mol. The molecule has 24 heavy (non-hydrogen) atoms. The molecule has 0 aliphatic rings. The molecule has 0 saturated carbocycles. The van der Waals surface area contributed by atoms with Crippen molar-refractivity contribution in [3.05, 3.63) is 59.7 Å². The van der Waals surface area contributed by atoms with E-state index < -0.39 is 11.9 Å². The van der Waals surface area contributed by atoms with E-state index in [1.807, 2.05) is 31.2 Å². The van der Waals surface area contributed by atoms with E-state index in [0.717, 1.165) is 11.3 Å². The molecule has 0 bridgehead atoms. The van der Waals surface area contributed by atoms with Crippen molar-refractivity contribution in [2.75, 3.05) is 19.8 Å². The first-order valence-electron chi connectivity index (χ1n) is 7.42. The van der Waals surface area contributed by atoms with Gasteiger partial charge in [0.1, 0.15) is 24.7 Å². The van der Waals surface area contributed by atoms with Crippen LogP contribution in [-0.2, 0) is 9.53 Å². The van der Waals surface area contributed by atoms with Crippen molar-refractivity contribution < 1.29 is 23.8 Å². The van der Waals surface area contributed by atoms with E-state index in [1.54, 1.807) is 24.3 Å². The fourth-order valence-electron chi connectivity index (χ4n) is 1.92. The highest BCUT2D eigenvalue weighted by atomic mass is 16.6. The van der Waals surface area contributed by atoms with E-state index in [-0.39, 0.29) is 19.8 Å². The first-order chi connectivity index (χ1) is 11.5. The molecule has 0 aliphatic carbocycles. The van der Waals surface area contributed by atoms with Crippen LogP contribution < -0.4 is 15.2 Å². The summed E-state index contributed by atoms with van der Waals surface area (Å²) in [4.78, 5) is 22.5. The summed E-state index contributed by atoms with van der Waals surface area (Å²) in [6.45, 7) is 2.19. The van der Waals surface area contributed by atoms with E-state index in [1.165, 1.54) is 0 Å². The number of carbonyl (C=O) groups excluding carboxylic acids is 2. The maximum atomic E-state index is 11.9. The van der Waals surface area contributed by atoms with Gasteiger partial charge in [0, 0.05) is 0 Å². The Morgan fingerprint density at radius 2 is 1.71 bits per heavy atom. The number of nitrogens with two attached hydrogens (primary N) is 1. The van der Waals surface area contributed by atoms with Crippen LogP contribution in [0.5, 0.6) is 11.5 Å². The summed E-state index contributed by atoms with van der Waals surface area (Å²) in [6, 6.07) is 13.9. The summed E-state index contributed by atoms with van der Waals surface area (Å²) >= 11 is 0. The molecule has 0 fully saturated rings. The van der Waals surface area contributed by atoms with Crippen LogP contribution in [0.4, 0.5) is 0 Å². The number of ether oxygens (including phenoxy) is 3. The highest BCUT2D eigenvalue weighted by Gasteiger charge is 2.07. The van der Waals surface area contributed by atoms with E-state index in [0.29, 0.717) is 11.3 Å². The molecule has 0 spiro atoms. The molecule has 0 heterocycles. The average molecular weight is 329 g/mol. The number of aryl methyl sites for hydroxylation is 1. The zero-order valence-electron chi connectivity index (χ0n) is 13.4. The van der Waals surface area contributed by atoms with Gasteiger partial charge in [-0.3, -0.25) is 4.79 Å². The Bertz CT molecular complexity index is 697. The lowest BCUT2D eigenvalue weighted by atomic mass is 10.2. The largest absolute Gasteiger partial charge is 0.490 e. The minimum atomic E-state index is -0.563. The van der Waals surface area contributed by atoms with Crippen molar-refractivity contribution in [1.29, 1.82) is 0 Å². The zero-order chi connectivity index (χ0) is 17.4. The Hall–Kier alpha value is -3.02. The normalized spacial score (nSPS) is 10.0. The Labute approximate surface area is 140 Å². The molecule has 6 nitrogen and oxygen atoms in total. The van der Waals surface area contributed by atoms with Gasteiger partial charge in [-0.15, -0.1) is 0 Å². The van der Waals surface area contributed by atoms with E-state index in [9.17, 15) is 9.59 Å². The SMILES string of the molecule is Cc1cccc(OCCOC(=O)c2ccc(OCC(N)=O)cc2)c1. The highest BCUT2D eigenvalue weighted by molar-refractivity contribution is 5.89. The standard InChI is InChI=1S/C18H19NO5/c1-13-3-2-4-16(11-13)22-9-10-23-18(21)14-5-7-15(8-6-14)24-12-17(19)20/h2-8,11H,9-10,12H2,1H3,(H2,19,20). The Morgan fingerprint density at radius 1 is 0.958 bits per heavy atom. The van der Waals surface area contributed by atoms with Crippen molar-refractivity contribution >= 4 is 11.9 Å². The Kier molecular flexibility index (Phi) is 6.19. The quantitative estimate of drug-likeness (QED) is 0.592. The first-order valence-corrected chi connectivity index (χ1v) is 7.42. The van der Waals surface area contributed by atoms with Gasteiger partial charge in [-0.2, -0.15) is 0 Å². The highest BCUT2D eigenvalue weighted by Crippen LogP contribution is 2.14. The fraction of sp³-hybridized carbons (Fsp3) is 0.222. The van der Waals surface area contributed by atoms with Gasteiger partial charge < -0.3 is 19.9 Å². The molecule has 0 aromatic heterocycles. The van der Waals surface area contributed by atoms with Crippen LogP contribution in [0.15, 0.2) is 48.5 Å². The molecular weight excluding hydrogens is 310 g/mol. The van der Waals surface area contributed by atoms with Gasteiger partial charge in [-0.1, -0.05) is 12.1 Å². The molecule has 0 aliphatic heterocycles. The van der Waals surface area contributed by atoms with E-state index in [4.69, 9.17) is 19.9 Å². The Balaban J connectivity index is 1.75. The number of esters is 1. The lowest BCUT2D eigenvalue weighted by molar-refractivity contribution is -0.119. The van der Waals surface area contributed by atoms with Crippen molar-refractivity contribution in [3.63, 3.8) is 0 Å². The number of amides is 1. The Morgan fingerprint density at radius 3 is 2.38 bits per heavy atom. The smallest absolute Gasteiger partial charge is 0.338 e. The molecule has 0 atom stereocenters. The fourth-order valence-corrected chi connectivity index (χ4v) is 1.92. The second-order valence-corrected chi connectivity index (χ2v) is 5.08. The molecule has 2 aromatic carbocycles. The van der Waals surface area contributed by atoms with Crippen molar-refractivity contribution in [2.45, 2.75) is 6.92 Å². The summed E-state index contributed by atoms with van der Waals surface area (Å²) in [5.41, 5.74) is 6.47. The summed E-state index contributed by atoms with van der Waals surface area (Å²) in [5, 5.41) is 0. The van der Waals surface area contributed by atoms with Crippen LogP contribution >= 0.6 is 0 Å². The number of primary amides is 1. The topological polar surface area (TPSA) is 87.8 Å². The third-order valence-electron chi connectivity index (χ3n) is 3.05. The number of hydrogen-bond donors (Lipinski definition) is 1. The first kappa shape index (κ1) is 17.3. The molecule has 0 unspecified atom stereocenters. The second kappa shape index (κ2) is 8.57. The predicted octanol–water partition coefficient (Wildman–Crippen LogP) is 2.09. The minimum Gasteiger partial charge on any atom is -0.490 e. The molecule has 1 amide bonds. The predicted molar refractivity (Wildman–Crippen MR) is 88.1 cm³/mol. The molecule has 2 N–H and O–H groups in total. The molecule has 2 aromatic rings. The van der Waals surface area contributed by atoms with Gasteiger partial charge in [0.15, 0.2) is 6.61 Å². The average Bonchev–Trinajstić information content (AvgIpc) is 2.57. The van der Waals surface area contributed by atoms with Crippen LogP contribution in [0.2, 0.25) is 0 Å². The van der Waals surface area contributed by atoms with Gasteiger partial charge in [-0.25, -0.2) is 4.79 Å². The number of carbonyl (C=O) groups is 2. The molecule has 6 heteroatoms. The van der Waals surface area contributed by atoms with Gasteiger partial charge in [0.2, 0.25) is 0 Å². The van der Waals surface area contributed by atoms with Crippen LogP contribution in [0.1, 0.15) is 15.9 Å². The minimum absolute atomic E-state index is 0.146. The second-order valence-electron chi connectivity index (χ2n) is 5.08. The molecular formula is C18H19NO5. The van der Waals surface area contributed by atoms with E-state index >= 15 is 0 Å².